The normalized spacial score (nSPS) is 28.6. The number of esters is 2. The minimum absolute atomic E-state index is 0.171. The van der Waals surface area contributed by atoms with Crippen LogP contribution in [0.15, 0.2) is 0 Å². The third kappa shape index (κ3) is 20.0. The van der Waals surface area contributed by atoms with Gasteiger partial charge in [-0.25, -0.2) is 0 Å². The van der Waals surface area contributed by atoms with Gasteiger partial charge in [0, 0.05) is 12.8 Å². The molecule has 0 aromatic heterocycles. The summed E-state index contributed by atoms with van der Waals surface area (Å²) in [5.74, 6) is -0.923. The van der Waals surface area contributed by atoms with Crippen LogP contribution in [-0.4, -0.2) is 142 Å². The Bertz CT molecular complexity index is 1000. The summed E-state index contributed by atoms with van der Waals surface area (Å²) in [6.45, 7) is 2.54. The van der Waals surface area contributed by atoms with Crippen molar-refractivity contribution >= 4 is 11.9 Å². The van der Waals surface area contributed by atoms with Crippen molar-refractivity contribution in [3.8, 4) is 0 Å². The molecule has 330 valence electrons. The molecule has 2 fully saturated rings. The van der Waals surface area contributed by atoms with E-state index in [1.807, 2.05) is 0 Å². The molecular formula is C41H76O15. The van der Waals surface area contributed by atoms with E-state index in [0.717, 1.165) is 38.5 Å². The van der Waals surface area contributed by atoms with Crippen LogP contribution in [0, 0.1) is 0 Å². The molecule has 0 unspecified atom stereocenters. The van der Waals surface area contributed by atoms with Gasteiger partial charge in [0.2, 0.25) is 0 Å². The molecule has 56 heavy (non-hydrogen) atoms. The number of carbonyl (C=O) groups is 2. The summed E-state index contributed by atoms with van der Waals surface area (Å²) >= 11 is 0. The summed E-state index contributed by atoms with van der Waals surface area (Å²) in [7, 11) is 0. The SMILES string of the molecule is CCCCCCCCCCCCC(=O)OC[C@H](CO[C@@H]1O[C@@H](CO[C@H]2O[C@@H](CO)[C@H](O)[C@H](O)[C@H]2O)[C@H](O)[C@H](O)[C@@H]1O)OC(=O)CCCCCCCCCCCC. The molecule has 11 atom stereocenters. The second-order valence-electron chi connectivity index (χ2n) is 15.5. The van der Waals surface area contributed by atoms with Crippen molar-refractivity contribution in [2.75, 3.05) is 26.4 Å². The Balaban J connectivity index is 1.88. The Morgan fingerprint density at radius 3 is 1.39 bits per heavy atom. The Labute approximate surface area is 334 Å². The first-order valence-corrected chi connectivity index (χ1v) is 21.6. The Morgan fingerprint density at radius 1 is 0.500 bits per heavy atom. The lowest BCUT2D eigenvalue weighted by Gasteiger charge is -2.42. The summed E-state index contributed by atoms with van der Waals surface area (Å²) in [6, 6.07) is 0. The second kappa shape index (κ2) is 30.5. The van der Waals surface area contributed by atoms with Crippen LogP contribution in [-0.2, 0) is 38.0 Å². The lowest BCUT2D eigenvalue weighted by atomic mass is 9.98. The number of unbranched alkanes of at least 4 members (excludes halogenated alkanes) is 18. The summed E-state index contributed by atoms with van der Waals surface area (Å²) in [4.78, 5) is 25.5. The first kappa shape index (κ1) is 50.6. The van der Waals surface area contributed by atoms with Crippen LogP contribution in [0.25, 0.3) is 0 Å². The third-order valence-corrected chi connectivity index (χ3v) is 10.6. The van der Waals surface area contributed by atoms with E-state index in [1.54, 1.807) is 0 Å². The van der Waals surface area contributed by atoms with E-state index in [2.05, 4.69) is 13.8 Å². The zero-order valence-electron chi connectivity index (χ0n) is 34.1. The molecule has 7 N–H and O–H groups in total. The molecule has 2 saturated heterocycles. The fraction of sp³-hybridized carbons (Fsp3) is 0.951. The van der Waals surface area contributed by atoms with Gasteiger partial charge in [-0.2, -0.15) is 0 Å². The van der Waals surface area contributed by atoms with Gasteiger partial charge in [-0.05, 0) is 12.8 Å². The van der Waals surface area contributed by atoms with Crippen molar-refractivity contribution in [2.24, 2.45) is 0 Å². The van der Waals surface area contributed by atoms with E-state index < -0.39 is 92.7 Å². The molecule has 0 bridgehead atoms. The highest BCUT2D eigenvalue weighted by Gasteiger charge is 2.47. The molecule has 0 aromatic rings. The zero-order chi connectivity index (χ0) is 41.1. The first-order valence-electron chi connectivity index (χ1n) is 21.6. The molecule has 0 amide bonds. The van der Waals surface area contributed by atoms with Gasteiger partial charge in [-0.3, -0.25) is 9.59 Å². The minimum atomic E-state index is -1.76. The van der Waals surface area contributed by atoms with E-state index >= 15 is 0 Å². The van der Waals surface area contributed by atoms with Crippen LogP contribution in [0.2, 0.25) is 0 Å². The largest absolute Gasteiger partial charge is 0.462 e. The number of rotatable bonds is 32. The van der Waals surface area contributed by atoms with Gasteiger partial charge < -0.3 is 64.2 Å². The second-order valence-corrected chi connectivity index (χ2v) is 15.5. The maximum absolute atomic E-state index is 12.8. The molecule has 0 aliphatic carbocycles. The molecule has 15 heteroatoms. The highest BCUT2D eigenvalue weighted by atomic mass is 16.7. The maximum atomic E-state index is 12.8. The van der Waals surface area contributed by atoms with E-state index in [1.165, 1.54) is 77.0 Å². The lowest BCUT2D eigenvalue weighted by molar-refractivity contribution is -0.332. The molecule has 2 rings (SSSR count). The molecule has 0 saturated carbocycles. The third-order valence-electron chi connectivity index (χ3n) is 10.6. The number of hydrogen-bond donors (Lipinski definition) is 7. The average molecular weight is 809 g/mol. The Morgan fingerprint density at radius 2 is 0.911 bits per heavy atom. The van der Waals surface area contributed by atoms with Gasteiger partial charge in [-0.15, -0.1) is 0 Å². The smallest absolute Gasteiger partial charge is 0.306 e. The molecule has 0 radical (unpaired) electrons. The van der Waals surface area contributed by atoms with Crippen LogP contribution in [0.4, 0.5) is 0 Å². The highest BCUT2D eigenvalue weighted by Crippen LogP contribution is 2.26. The highest BCUT2D eigenvalue weighted by molar-refractivity contribution is 5.70. The van der Waals surface area contributed by atoms with Crippen molar-refractivity contribution in [1.29, 1.82) is 0 Å². The van der Waals surface area contributed by atoms with Crippen LogP contribution in [0.3, 0.4) is 0 Å². The van der Waals surface area contributed by atoms with Crippen molar-refractivity contribution in [2.45, 2.75) is 223 Å². The van der Waals surface area contributed by atoms with E-state index in [-0.39, 0.29) is 26.1 Å². The average Bonchev–Trinajstić information content (AvgIpc) is 3.19. The number of hydrogen-bond acceptors (Lipinski definition) is 15. The van der Waals surface area contributed by atoms with Gasteiger partial charge in [0.05, 0.1) is 19.8 Å². The molecule has 2 heterocycles. The maximum Gasteiger partial charge on any atom is 0.306 e. The number of aliphatic hydroxyl groups is 7. The first-order chi connectivity index (χ1) is 27.0. The van der Waals surface area contributed by atoms with Crippen LogP contribution < -0.4 is 0 Å². The Hall–Kier alpha value is -1.50. The predicted octanol–water partition coefficient (Wildman–Crippen LogP) is 3.70. The number of carbonyl (C=O) groups excluding carboxylic acids is 2. The number of aliphatic hydroxyl groups excluding tert-OH is 7. The molecule has 2 aliphatic rings. The fourth-order valence-corrected chi connectivity index (χ4v) is 6.92. The van der Waals surface area contributed by atoms with Gasteiger partial charge in [0.1, 0.15) is 55.4 Å². The van der Waals surface area contributed by atoms with Gasteiger partial charge in [-0.1, -0.05) is 129 Å². The predicted molar refractivity (Wildman–Crippen MR) is 206 cm³/mol. The van der Waals surface area contributed by atoms with Crippen molar-refractivity contribution in [3.05, 3.63) is 0 Å². The quantitative estimate of drug-likeness (QED) is 0.0380. The summed E-state index contributed by atoms with van der Waals surface area (Å²) in [6.07, 6.45) is 5.94. The summed E-state index contributed by atoms with van der Waals surface area (Å²) in [5.41, 5.74) is 0. The molecule has 15 nitrogen and oxygen atoms in total. The number of ether oxygens (including phenoxy) is 6. The van der Waals surface area contributed by atoms with E-state index in [4.69, 9.17) is 28.4 Å². The van der Waals surface area contributed by atoms with Crippen LogP contribution in [0.1, 0.15) is 155 Å². The van der Waals surface area contributed by atoms with Crippen LogP contribution in [0.5, 0.6) is 0 Å². The van der Waals surface area contributed by atoms with Gasteiger partial charge in [0.15, 0.2) is 18.7 Å². The Kier molecular flexibility index (Phi) is 27.6. The summed E-state index contributed by atoms with van der Waals surface area (Å²) < 4.78 is 33.3. The lowest BCUT2D eigenvalue weighted by Crippen LogP contribution is -2.61. The standard InChI is InChI=1S/C41H76O15/c1-3-5-7-9-11-13-15-17-19-21-23-32(43)51-26-29(54-33(44)24-22-20-18-16-14-12-10-8-6-4-2)27-52-40-39(50)37(48)35(46)31(56-40)28-53-41-38(49)36(47)34(45)30(25-42)55-41/h29-31,34-42,45-50H,3-28H2,1-2H3/t29-,30+,31+,34+,35+,36+,37+,38-,39+,40-,41+/m1/s1. The van der Waals surface area contributed by atoms with Crippen molar-refractivity contribution in [1.82, 2.24) is 0 Å². The molecule has 2 aliphatic heterocycles. The van der Waals surface area contributed by atoms with Gasteiger partial charge >= 0.3 is 11.9 Å². The summed E-state index contributed by atoms with van der Waals surface area (Å²) in [5, 5.41) is 71.6. The van der Waals surface area contributed by atoms with Crippen molar-refractivity contribution < 1.29 is 73.8 Å². The van der Waals surface area contributed by atoms with E-state index in [9.17, 15) is 45.3 Å². The fourth-order valence-electron chi connectivity index (χ4n) is 6.92. The van der Waals surface area contributed by atoms with Crippen LogP contribution >= 0.6 is 0 Å². The van der Waals surface area contributed by atoms with Gasteiger partial charge in [0.25, 0.3) is 0 Å². The monoisotopic (exact) mass is 809 g/mol. The topological polar surface area (TPSA) is 231 Å². The molecule has 0 aromatic carbocycles. The molecular weight excluding hydrogens is 732 g/mol. The van der Waals surface area contributed by atoms with Crippen molar-refractivity contribution in [3.63, 3.8) is 0 Å². The zero-order valence-corrected chi connectivity index (χ0v) is 34.1. The minimum Gasteiger partial charge on any atom is -0.462 e. The molecule has 0 spiro atoms. The van der Waals surface area contributed by atoms with E-state index in [0.29, 0.717) is 12.8 Å².